The lowest BCUT2D eigenvalue weighted by atomic mass is 9.90. The molecule has 0 radical (unpaired) electrons. The van der Waals surface area contributed by atoms with Gasteiger partial charge in [-0.1, -0.05) is 18.2 Å². The van der Waals surface area contributed by atoms with Crippen LogP contribution in [-0.2, 0) is 11.2 Å². The van der Waals surface area contributed by atoms with Crippen LogP contribution in [0, 0.1) is 5.41 Å². The summed E-state index contributed by atoms with van der Waals surface area (Å²) in [7, 11) is 0. The van der Waals surface area contributed by atoms with Crippen molar-refractivity contribution in [2.24, 2.45) is 5.41 Å². The SMILES string of the molecule is CC1(C(=O)O)CCN(C(=O)Nc2ccccc2CC(F)(F)F)C1. The number of alkyl halides is 3. The molecule has 1 aliphatic rings. The fourth-order valence-corrected chi connectivity index (χ4v) is 2.52. The van der Waals surface area contributed by atoms with Gasteiger partial charge in [0.15, 0.2) is 0 Å². The van der Waals surface area contributed by atoms with E-state index in [-0.39, 0.29) is 24.3 Å². The smallest absolute Gasteiger partial charge is 0.393 e. The van der Waals surface area contributed by atoms with Gasteiger partial charge in [0.2, 0.25) is 0 Å². The van der Waals surface area contributed by atoms with E-state index >= 15 is 0 Å². The van der Waals surface area contributed by atoms with E-state index < -0.39 is 30.0 Å². The Kier molecular flexibility index (Phi) is 4.53. The molecule has 0 saturated carbocycles. The third kappa shape index (κ3) is 4.14. The number of nitrogens with zero attached hydrogens (tertiary/aromatic N) is 1. The second kappa shape index (κ2) is 6.10. The number of carbonyl (C=O) groups excluding carboxylic acids is 1. The molecule has 126 valence electrons. The van der Waals surface area contributed by atoms with E-state index in [4.69, 9.17) is 5.11 Å². The molecule has 1 saturated heterocycles. The minimum Gasteiger partial charge on any atom is -0.481 e. The number of likely N-dealkylation sites (tertiary alicyclic amines) is 1. The highest BCUT2D eigenvalue weighted by Crippen LogP contribution is 2.31. The first-order valence-electron chi connectivity index (χ1n) is 7.05. The Morgan fingerprint density at radius 1 is 1.35 bits per heavy atom. The molecule has 2 rings (SSSR count). The molecule has 2 amide bonds. The molecule has 1 unspecified atom stereocenters. The van der Waals surface area contributed by atoms with Gasteiger partial charge >= 0.3 is 18.2 Å². The van der Waals surface area contributed by atoms with Crippen LogP contribution < -0.4 is 5.32 Å². The van der Waals surface area contributed by atoms with Crippen LogP contribution in [0.4, 0.5) is 23.7 Å². The lowest BCUT2D eigenvalue weighted by molar-refractivity contribution is -0.147. The molecule has 5 nitrogen and oxygen atoms in total. The van der Waals surface area contributed by atoms with Gasteiger partial charge < -0.3 is 15.3 Å². The number of benzene rings is 1. The standard InChI is InChI=1S/C15H17F3N2O3/c1-14(12(21)22)6-7-20(9-14)13(23)19-11-5-3-2-4-10(11)8-15(16,17)18/h2-5H,6-9H2,1H3,(H,19,23)(H,21,22). The number of hydrogen-bond donors (Lipinski definition) is 2. The van der Waals surface area contributed by atoms with Crippen LogP contribution in [0.5, 0.6) is 0 Å². The number of amides is 2. The van der Waals surface area contributed by atoms with Crippen LogP contribution >= 0.6 is 0 Å². The van der Waals surface area contributed by atoms with Crippen molar-refractivity contribution < 1.29 is 27.9 Å². The summed E-state index contributed by atoms with van der Waals surface area (Å²) in [5.41, 5.74) is -0.977. The van der Waals surface area contributed by atoms with Crippen molar-refractivity contribution in [3.63, 3.8) is 0 Å². The van der Waals surface area contributed by atoms with Crippen molar-refractivity contribution in [3.05, 3.63) is 29.8 Å². The maximum absolute atomic E-state index is 12.6. The number of aliphatic carboxylic acids is 1. The van der Waals surface area contributed by atoms with Gasteiger partial charge in [-0.15, -0.1) is 0 Å². The molecule has 0 bridgehead atoms. The average Bonchev–Trinajstić information content (AvgIpc) is 2.83. The third-order valence-electron chi connectivity index (χ3n) is 3.93. The average molecular weight is 330 g/mol. The highest BCUT2D eigenvalue weighted by Gasteiger charge is 2.42. The van der Waals surface area contributed by atoms with Gasteiger partial charge in [0.05, 0.1) is 11.8 Å². The fraction of sp³-hybridized carbons (Fsp3) is 0.467. The van der Waals surface area contributed by atoms with Gasteiger partial charge in [-0.25, -0.2) is 4.79 Å². The molecule has 8 heteroatoms. The Bertz CT molecular complexity index is 618. The van der Waals surface area contributed by atoms with Crippen molar-refractivity contribution in [3.8, 4) is 0 Å². The highest BCUT2D eigenvalue weighted by atomic mass is 19.4. The first-order chi connectivity index (χ1) is 10.6. The van der Waals surface area contributed by atoms with Crippen molar-refractivity contribution in [2.45, 2.75) is 25.9 Å². The van der Waals surface area contributed by atoms with E-state index in [1.807, 2.05) is 0 Å². The van der Waals surface area contributed by atoms with Gasteiger partial charge in [0.1, 0.15) is 0 Å². The molecule has 1 atom stereocenters. The van der Waals surface area contributed by atoms with Gasteiger partial charge in [-0.3, -0.25) is 4.79 Å². The van der Waals surface area contributed by atoms with Crippen LogP contribution in [0.1, 0.15) is 18.9 Å². The largest absolute Gasteiger partial charge is 0.481 e. The monoisotopic (exact) mass is 330 g/mol. The number of rotatable bonds is 3. The number of carboxylic acid groups (broad SMARTS) is 1. The van der Waals surface area contributed by atoms with Crippen LogP contribution in [0.3, 0.4) is 0 Å². The third-order valence-corrected chi connectivity index (χ3v) is 3.93. The molecule has 2 N–H and O–H groups in total. The zero-order valence-electron chi connectivity index (χ0n) is 12.5. The minimum absolute atomic E-state index is 0.0234. The zero-order chi connectivity index (χ0) is 17.3. The lowest BCUT2D eigenvalue weighted by Crippen LogP contribution is -2.37. The van der Waals surface area contributed by atoms with Crippen LogP contribution in [0.15, 0.2) is 24.3 Å². The minimum atomic E-state index is -4.38. The maximum atomic E-state index is 12.6. The number of urea groups is 1. The molecular weight excluding hydrogens is 313 g/mol. The summed E-state index contributed by atoms with van der Waals surface area (Å²) in [6.45, 7) is 1.81. The molecule has 0 aromatic heterocycles. The van der Waals surface area contributed by atoms with Crippen LogP contribution in [0.2, 0.25) is 0 Å². The summed E-state index contributed by atoms with van der Waals surface area (Å²) < 4.78 is 37.7. The number of carboxylic acids is 1. The van der Waals surface area contributed by atoms with Crippen molar-refractivity contribution in [1.82, 2.24) is 4.90 Å². The summed E-state index contributed by atoms with van der Waals surface area (Å²) >= 11 is 0. The summed E-state index contributed by atoms with van der Waals surface area (Å²) in [5, 5.41) is 11.6. The molecule has 1 aromatic rings. The zero-order valence-corrected chi connectivity index (χ0v) is 12.5. The van der Waals surface area contributed by atoms with Crippen molar-refractivity contribution in [2.75, 3.05) is 18.4 Å². The Labute approximate surface area is 131 Å². The normalized spacial score (nSPS) is 21.3. The molecule has 1 fully saturated rings. The van der Waals surface area contributed by atoms with Crippen LogP contribution in [0.25, 0.3) is 0 Å². The summed E-state index contributed by atoms with van der Waals surface area (Å²) in [4.78, 5) is 24.7. The molecule has 1 aromatic carbocycles. The Morgan fingerprint density at radius 2 is 2.00 bits per heavy atom. The molecule has 1 heterocycles. The summed E-state index contributed by atoms with van der Waals surface area (Å²) in [6.07, 6.45) is -5.22. The first-order valence-corrected chi connectivity index (χ1v) is 7.05. The predicted molar refractivity (Wildman–Crippen MR) is 77.2 cm³/mol. The highest BCUT2D eigenvalue weighted by molar-refractivity contribution is 5.91. The van der Waals surface area contributed by atoms with Crippen LogP contribution in [-0.4, -0.2) is 41.3 Å². The maximum Gasteiger partial charge on any atom is 0.393 e. The summed E-state index contributed by atoms with van der Waals surface area (Å²) in [6, 6.07) is 5.10. The van der Waals surface area contributed by atoms with E-state index in [1.54, 1.807) is 6.92 Å². The second-order valence-electron chi connectivity index (χ2n) is 5.92. The second-order valence-corrected chi connectivity index (χ2v) is 5.92. The Morgan fingerprint density at radius 3 is 2.57 bits per heavy atom. The van der Waals surface area contributed by atoms with E-state index in [0.29, 0.717) is 6.42 Å². The topological polar surface area (TPSA) is 69.6 Å². The van der Waals surface area contributed by atoms with E-state index in [1.165, 1.54) is 29.2 Å². The number of halogens is 3. The van der Waals surface area contributed by atoms with Crippen molar-refractivity contribution >= 4 is 17.7 Å². The van der Waals surface area contributed by atoms with E-state index in [9.17, 15) is 22.8 Å². The quantitative estimate of drug-likeness (QED) is 0.895. The number of anilines is 1. The first kappa shape index (κ1) is 17.1. The van der Waals surface area contributed by atoms with E-state index in [2.05, 4.69) is 5.32 Å². The lowest BCUT2D eigenvalue weighted by Gasteiger charge is -2.21. The van der Waals surface area contributed by atoms with E-state index in [0.717, 1.165) is 0 Å². The molecule has 23 heavy (non-hydrogen) atoms. The van der Waals surface area contributed by atoms with Gasteiger partial charge in [0, 0.05) is 18.8 Å². The Hall–Kier alpha value is -2.25. The fourth-order valence-electron chi connectivity index (χ4n) is 2.52. The van der Waals surface area contributed by atoms with Gasteiger partial charge in [-0.05, 0) is 25.0 Å². The molecule has 0 spiro atoms. The summed E-state index contributed by atoms with van der Waals surface area (Å²) in [5.74, 6) is -0.995. The number of nitrogens with one attached hydrogen (secondary N) is 1. The number of carbonyl (C=O) groups is 2. The Balaban J connectivity index is 2.09. The molecular formula is C15H17F3N2O3. The number of hydrogen-bond acceptors (Lipinski definition) is 2. The van der Waals surface area contributed by atoms with Gasteiger partial charge in [0.25, 0.3) is 0 Å². The molecule has 0 aliphatic carbocycles. The predicted octanol–water partition coefficient (Wildman–Crippen LogP) is 3.12. The number of para-hydroxylation sites is 1. The molecule has 1 aliphatic heterocycles. The van der Waals surface area contributed by atoms with Crippen molar-refractivity contribution in [1.29, 1.82) is 0 Å². The van der Waals surface area contributed by atoms with Gasteiger partial charge in [-0.2, -0.15) is 13.2 Å².